The number of aliphatic carboxylic acids is 1. The molecule has 0 amide bonds. The molecule has 1 unspecified atom stereocenters. The highest BCUT2D eigenvalue weighted by Crippen LogP contribution is 2.32. The number of hydrogen-bond donors (Lipinski definition) is 3. The van der Waals surface area contributed by atoms with Gasteiger partial charge in [0.2, 0.25) is 0 Å². The number of nitrogen functional groups attached to an aromatic ring is 1. The topological polar surface area (TPSA) is 98.6 Å². The number of hydrogen-bond acceptors (Lipinski definition) is 4. The zero-order chi connectivity index (χ0) is 15.3. The van der Waals surface area contributed by atoms with Crippen LogP contribution in [0.1, 0.15) is 25.8 Å². The molecule has 112 valence electrons. The number of carboxylic acids is 1. The van der Waals surface area contributed by atoms with E-state index < -0.39 is 11.4 Å². The fourth-order valence-electron chi connectivity index (χ4n) is 2.54. The fraction of sp³-hybridized carbons (Fsp3) is 0.533. The maximum absolute atomic E-state index is 11.7. The lowest BCUT2D eigenvalue weighted by molar-refractivity contribution is -0.149. The SMILES string of the molecule is COc1ccc(CC(CN)(CC(C)C)C(=O)O)cc1N. The van der Waals surface area contributed by atoms with Crippen LogP contribution in [0.2, 0.25) is 0 Å². The molecular formula is C15H24N2O3. The third-order valence-electron chi connectivity index (χ3n) is 3.48. The minimum atomic E-state index is -0.949. The van der Waals surface area contributed by atoms with Crippen LogP contribution in [0.25, 0.3) is 0 Å². The molecule has 5 heteroatoms. The van der Waals surface area contributed by atoms with Crippen LogP contribution in [-0.2, 0) is 11.2 Å². The summed E-state index contributed by atoms with van der Waals surface area (Å²) in [5, 5.41) is 9.57. The molecule has 5 nitrogen and oxygen atoms in total. The van der Waals surface area contributed by atoms with Crippen molar-refractivity contribution in [3.05, 3.63) is 23.8 Å². The van der Waals surface area contributed by atoms with Gasteiger partial charge in [-0.05, 0) is 36.5 Å². The van der Waals surface area contributed by atoms with Crippen LogP contribution in [0.5, 0.6) is 5.75 Å². The van der Waals surface area contributed by atoms with Crippen LogP contribution in [-0.4, -0.2) is 24.7 Å². The zero-order valence-corrected chi connectivity index (χ0v) is 12.3. The van der Waals surface area contributed by atoms with Gasteiger partial charge < -0.3 is 21.3 Å². The second-order valence-corrected chi connectivity index (χ2v) is 5.64. The Balaban J connectivity index is 3.06. The van der Waals surface area contributed by atoms with Crippen LogP contribution < -0.4 is 16.2 Å². The Morgan fingerprint density at radius 1 is 1.45 bits per heavy atom. The molecule has 0 radical (unpaired) electrons. The molecule has 0 saturated heterocycles. The van der Waals surface area contributed by atoms with Crippen LogP contribution in [0.3, 0.4) is 0 Å². The van der Waals surface area contributed by atoms with Crippen molar-refractivity contribution in [2.24, 2.45) is 17.1 Å². The third kappa shape index (κ3) is 3.63. The summed E-state index contributed by atoms with van der Waals surface area (Å²) in [4.78, 5) is 11.7. The average molecular weight is 280 g/mol. The van der Waals surface area contributed by atoms with Gasteiger partial charge in [0.25, 0.3) is 0 Å². The molecule has 20 heavy (non-hydrogen) atoms. The van der Waals surface area contributed by atoms with E-state index >= 15 is 0 Å². The predicted molar refractivity (Wildman–Crippen MR) is 79.7 cm³/mol. The molecule has 1 rings (SSSR count). The quantitative estimate of drug-likeness (QED) is 0.662. The van der Waals surface area contributed by atoms with Gasteiger partial charge >= 0.3 is 5.97 Å². The molecule has 0 aliphatic carbocycles. The first-order valence-corrected chi connectivity index (χ1v) is 6.70. The van der Waals surface area contributed by atoms with Gasteiger partial charge in [0.15, 0.2) is 0 Å². The second kappa shape index (κ2) is 6.61. The molecule has 1 atom stereocenters. The van der Waals surface area contributed by atoms with Gasteiger partial charge in [-0.3, -0.25) is 4.79 Å². The molecule has 0 heterocycles. The van der Waals surface area contributed by atoms with Crippen LogP contribution in [0.15, 0.2) is 18.2 Å². The van der Waals surface area contributed by atoms with E-state index in [2.05, 4.69) is 0 Å². The Morgan fingerprint density at radius 3 is 2.50 bits per heavy atom. The maximum Gasteiger partial charge on any atom is 0.311 e. The Kier molecular flexibility index (Phi) is 5.39. The lowest BCUT2D eigenvalue weighted by atomic mass is 9.75. The standard InChI is InChI=1S/C15H24N2O3/c1-10(2)7-15(9-16,14(18)19)8-11-4-5-13(20-3)12(17)6-11/h4-6,10H,7-9,16-17H2,1-3H3,(H,18,19). The largest absolute Gasteiger partial charge is 0.495 e. The Morgan fingerprint density at radius 2 is 2.10 bits per heavy atom. The van der Waals surface area contributed by atoms with Crippen molar-refractivity contribution in [3.8, 4) is 5.75 Å². The highest BCUT2D eigenvalue weighted by atomic mass is 16.5. The minimum Gasteiger partial charge on any atom is -0.495 e. The minimum absolute atomic E-state index is 0.104. The summed E-state index contributed by atoms with van der Waals surface area (Å²) >= 11 is 0. The van der Waals surface area contributed by atoms with Crippen LogP contribution >= 0.6 is 0 Å². The highest BCUT2D eigenvalue weighted by molar-refractivity contribution is 5.75. The molecule has 1 aromatic carbocycles. The van der Waals surface area contributed by atoms with Gasteiger partial charge in [0.1, 0.15) is 5.75 Å². The summed E-state index contributed by atoms with van der Waals surface area (Å²) in [5.74, 6) is -0.0142. The first kappa shape index (κ1) is 16.3. The molecule has 0 spiro atoms. The molecule has 0 aliphatic rings. The number of methoxy groups -OCH3 is 1. The van der Waals surface area contributed by atoms with Crippen molar-refractivity contribution in [1.29, 1.82) is 0 Å². The van der Waals surface area contributed by atoms with E-state index in [1.807, 2.05) is 19.9 Å². The van der Waals surface area contributed by atoms with Crippen LogP contribution in [0.4, 0.5) is 5.69 Å². The normalized spacial score (nSPS) is 14.1. The summed E-state index contributed by atoms with van der Waals surface area (Å²) in [5.41, 5.74) is 12.0. The van der Waals surface area contributed by atoms with Gasteiger partial charge in [0, 0.05) is 6.54 Å². The first-order valence-electron chi connectivity index (χ1n) is 6.70. The van der Waals surface area contributed by atoms with Crippen LogP contribution in [0, 0.1) is 11.3 Å². The van der Waals surface area contributed by atoms with Gasteiger partial charge in [-0.1, -0.05) is 19.9 Å². The predicted octanol–water partition coefficient (Wildman–Crippen LogP) is 1.90. The second-order valence-electron chi connectivity index (χ2n) is 5.64. The molecule has 0 aromatic heterocycles. The van der Waals surface area contributed by atoms with E-state index in [1.54, 1.807) is 19.2 Å². The van der Waals surface area contributed by atoms with E-state index in [9.17, 15) is 9.90 Å². The number of ether oxygens (including phenoxy) is 1. The van der Waals surface area contributed by atoms with Crippen molar-refractivity contribution < 1.29 is 14.6 Å². The Hall–Kier alpha value is -1.75. The van der Waals surface area contributed by atoms with Crippen molar-refractivity contribution in [1.82, 2.24) is 0 Å². The summed E-state index contributed by atoms with van der Waals surface area (Å²) in [6.07, 6.45) is 0.899. The summed E-state index contributed by atoms with van der Waals surface area (Å²) in [7, 11) is 1.55. The summed E-state index contributed by atoms with van der Waals surface area (Å²) in [6.45, 7) is 4.10. The maximum atomic E-state index is 11.7. The fourth-order valence-corrected chi connectivity index (χ4v) is 2.54. The van der Waals surface area contributed by atoms with E-state index in [0.29, 0.717) is 24.3 Å². The van der Waals surface area contributed by atoms with Gasteiger partial charge in [0.05, 0.1) is 18.2 Å². The molecule has 0 fully saturated rings. The number of anilines is 1. The zero-order valence-electron chi connectivity index (χ0n) is 12.3. The van der Waals surface area contributed by atoms with E-state index in [0.717, 1.165) is 5.56 Å². The van der Waals surface area contributed by atoms with E-state index in [1.165, 1.54) is 0 Å². The number of benzene rings is 1. The number of nitrogens with two attached hydrogens (primary N) is 2. The van der Waals surface area contributed by atoms with E-state index in [4.69, 9.17) is 16.2 Å². The molecule has 0 saturated carbocycles. The van der Waals surface area contributed by atoms with Crippen molar-refractivity contribution in [2.75, 3.05) is 19.4 Å². The van der Waals surface area contributed by atoms with Crippen molar-refractivity contribution >= 4 is 11.7 Å². The Bertz CT molecular complexity index is 474. The molecule has 0 aliphatic heterocycles. The monoisotopic (exact) mass is 280 g/mol. The third-order valence-corrected chi connectivity index (χ3v) is 3.48. The van der Waals surface area contributed by atoms with Crippen molar-refractivity contribution in [2.45, 2.75) is 26.7 Å². The average Bonchev–Trinajstić information content (AvgIpc) is 2.37. The molecule has 0 bridgehead atoms. The molecule has 5 N–H and O–H groups in total. The van der Waals surface area contributed by atoms with Gasteiger partial charge in [-0.2, -0.15) is 0 Å². The molecular weight excluding hydrogens is 256 g/mol. The molecule has 1 aromatic rings. The first-order chi connectivity index (χ1) is 9.34. The lowest BCUT2D eigenvalue weighted by Gasteiger charge is -2.30. The summed E-state index contributed by atoms with van der Waals surface area (Å²) < 4.78 is 5.10. The number of rotatable bonds is 7. The summed E-state index contributed by atoms with van der Waals surface area (Å²) in [6, 6.07) is 5.35. The van der Waals surface area contributed by atoms with Gasteiger partial charge in [-0.15, -0.1) is 0 Å². The highest BCUT2D eigenvalue weighted by Gasteiger charge is 2.38. The van der Waals surface area contributed by atoms with E-state index in [-0.39, 0.29) is 12.5 Å². The Labute approximate surface area is 119 Å². The van der Waals surface area contributed by atoms with Gasteiger partial charge in [-0.25, -0.2) is 0 Å². The number of carbonyl (C=O) groups is 1. The number of carboxylic acid groups (broad SMARTS) is 1. The van der Waals surface area contributed by atoms with Crippen molar-refractivity contribution in [3.63, 3.8) is 0 Å². The smallest absolute Gasteiger partial charge is 0.311 e. The lowest BCUT2D eigenvalue weighted by Crippen LogP contribution is -2.41.